The molecule has 8 heteroatoms. The second-order valence-corrected chi connectivity index (χ2v) is 6.99. The number of carboxylic acids is 1. The van der Waals surface area contributed by atoms with E-state index >= 15 is 0 Å². The molecule has 0 spiro atoms. The number of carbonyl (C=O) groups is 1. The maximum atomic E-state index is 11.0. The van der Waals surface area contributed by atoms with Gasteiger partial charge in [-0.05, 0) is 41.5 Å². The lowest BCUT2D eigenvalue weighted by Crippen LogP contribution is -2.00. The summed E-state index contributed by atoms with van der Waals surface area (Å²) in [7, 11) is 3.29. The fraction of sp³-hybridized carbons (Fsp3) is 0.136. The highest BCUT2D eigenvalue weighted by molar-refractivity contribution is 6.31. The van der Waals surface area contributed by atoms with Gasteiger partial charge in [0.05, 0.1) is 12.7 Å². The van der Waals surface area contributed by atoms with Crippen LogP contribution in [-0.2, 0) is 11.2 Å². The molecule has 0 bridgehead atoms. The number of aliphatic carboxylic acids is 1. The van der Waals surface area contributed by atoms with E-state index in [0.29, 0.717) is 39.3 Å². The molecule has 0 fully saturated rings. The number of hydrogen-bond donors (Lipinski definition) is 2. The summed E-state index contributed by atoms with van der Waals surface area (Å²) in [5.74, 6) is 0.819. The van der Waals surface area contributed by atoms with Crippen LogP contribution < -0.4 is 10.1 Å². The van der Waals surface area contributed by atoms with Crippen molar-refractivity contribution < 1.29 is 19.1 Å². The number of hydrogen-bond acceptors (Lipinski definition) is 6. The van der Waals surface area contributed by atoms with Gasteiger partial charge >= 0.3 is 5.97 Å². The number of fused-ring (bicyclic) bond motifs is 1. The molecule has 30 heavy (non-hydrogen) atoms. The number of ether oxygens (including phenoxy) is 1. The lowest BCUT2D eigenvalue weighted by atomic mass is 9.97. The van der Waals surface area contributed by atoms with Gasteiger partial charge in [-0.15, -0.1) is 0 Å². The van der Waals surface area contributed by atoms with Crippen molar-refractivity contribution in [2.75, 3.05) is 19.5 Å². The van der Waals surface area contributed by atoms with Gasteiger partial charge in [0.1, 0.15) is 23.5 Å². The van der Waals surface area contributed by atoms with E-state index in [4.69, 9.17) is 25.9 Å². The third kappa shape index (κ3) is 3.67. The normalized spacial score (nSPS) is 10.9. The second kappa shape index (κ2) is 8.04. The number of nitrogens with zero attached hydrogens (tertiary/aromatic N) is 2. The number of halogens is 1. The van der Waals surface area contributed by atoms with Crippen molar-refractivity contribution >= 4 is 34.4 Å². The Labute approximate surface area is 177 Å². The summed E-state index contributed by atoms with van der Waals surface area (Å²) in [6, 6.07) is 12.8. The Balaban J connectivity index is 2.01. The summed E-state index contributed by atoms with van der Waals surface area (Å²) >= 11 is 6.22. The summed E-state index contributed by atoms with van der Waals surface area (Å²) in [5, 5.41) is 13.4. The fourth-order valence-corrected chi connectivity index (χ4v) is 3.53. The van der Waals surface area contributed by atoms with Crippen LogP contribution >= 0.6 is 11.6 Å². The van der Waals surface area contributed by atoms with E-state index in [2.05, 4.69) is 15.3 Å². The Bertz CT molecular complexity index is 1250. The summed E-state index contributed by atoms with van der Waals surface area (Å²) < 4.78 is 11.5. The molecule has 2 N–H and O–H groups in total. The van der Waals surface area contributed by atoms with Gasteiger partial charge in [-0.2, -0.15) is 0 Å². The van der Waals surface area contributed by atoms with Crippen LogP contribution in [-0.4, -0.2) is 35.2 Å². The summed E-state index contributed by atoms with van der Waals surface area (Å²) in [5.41, 5.74) is 2.98. The van der Waals surface area contributed by atoms with Crippen LogP contribution in [0, 0.1) is 0 Å². The highest BCUT2D eigenvalue weighted by Crippen LogP contribution is 2.42. The SMILES string of the molecule is CNc1ncc2c(-c3cccc(Cl)c3)cc(-c3ccc(CC(=O)O)o3)c(OC)c2n1. The molecule has 2 aromatic carbocycles. The Morgan fingerprint density at radius 3 is 2.77 bits per heavy atom. The van der Waals surface area contributed by atoms with Crippen molar-refractivity contribution in [3.8, 4) is 28.2 Å². The first-order chi connectivity index (χ1) is 14.5. The topological polar surface area (TPSA) is 97.5 Å². The molecule has 0 aliphatic heterocycles. The van der Waals surface area contributed by atoms with Crippen molar-refractivity contribution in [3.63, 3.8) is 0 Å². The number of furan rings is 1. The Morgan fingerprint density at radius 1 is 1.23 bits per heavy atom. The van der Waals surface area contributed by atoms with E-state index in [-0.39, 0.29) is 6.42 Å². The van der Waals surface area contributed by atoms with Crippen LogP contribution in [0.1, 0.15) is 5.76 Å². The van der Waals surface area contributed by atoms with Crippen LogP contribution in [0.3, 0.4) is 0 Å². The lowest BCUT2D eigenvalue weighted by molar-refractivity contribution is -0.136. The monoisotopic (exact) mass is 423 g/mol. The minimum Gasteiger partial charge on any atom is -0.494 e. The Hall–Kier alpha value is -3.58. The number of carboxylic acid groups (broad SMARTS) is 1. The average Bonchev–Trinajstić information content (AvgIpc) is 3.19. The van der Waals surface area contributed by atoms with Crippen LogP contribution in [0.5, 0.6) is 5.75 Å². The van der Waals surface area contributed by atoms with E-state index in [0.717, 1.165) is 16.5 Å². The third-order valence-corrected chi connectivity index (χ3v) is 4.88. The molecule has 0 radical (unpaired) electrons. The van der Waals surface area contributed by atoms with Gasteiger partial charge in [0, 0.05) is 23.7 Å². The van der Waals surface area contributed by atoms with Crippen LogP contribution in [0.15, 0.2) is 53.1 Å². The molecule has 0 atom stereocenters. The van der Waals surface area contributed by atoms with Gasteiger partial charge in [0.25, 0.3) is 0 Å². The van der Waals surface area contributed by atoms with Crippen LogP contribution in [0.25, 0.3) is 33.4 Å². The van der Waals surface area contributed by atoms with Gasteiger partial charge in [-0.25, -0.2) is 9.97 Å². The molecule has 0 amide bonds. The molecule has 0 saturated carbocycles. The molecular formula is C22H18ClN3O4. The molecule has 0 aliphatic rings. The number of rotatable bonds is 6. The number of methoxy groups -OCH3 is 1. The summed E-state index contributed by atoms with van der Waals surface area (Å²) in [4.78, 5) is 20.0. The number of benzene rings is 2. The van der Waals surface area contributed by atoms with E-state index < -0.39 is 5.97 Å². The maximum Gasteiger partial charge on any atom is 0.311 e. The quantitative estimate of drug-likeness (QED) is 0.455. The van der Waals surface area contributed by atoms with Crippen LogP contribution in [0.2, 0.25) is 5.02 Å². The van der Waals surface area contributed by atoms with Gasteiger partial charge in [-0.3, -0.25) is 4.79 Å². The largest absolute Gasteiger partial charge is 0.494 e. The van der Waals surface area contributed by atoms with Gasteiger partial charge in [-0.1, -0.05) is 23.7 Å². The molecule has 0 saturated heterocycles. The Kier molecular flexibility index (Phi) is 5.29. The zero-order valence-electron chi connectivity index (χ0n) is 16.3. The number of nitrogens with one attached hydrogen (secondary N) is 1. The van der Waals surface area contributed by atoms with Crippen molar-refractivity contribution in [1.82, 2.24) is 9.97 Å². The predicted molar refractivity (Wildman–Crippen MR) is 115 cm³/mol. The maximum absolute atomic E-state index is 11.0. The first-order valence-electron chi connectivity index (χ1n) is 9.12. The average molecular weight is 424 g/mol. The molecule has 2 heterocycles. The van der Waals surface area contributed by atoms with E-state index in [1.165, 1.54) is 0 Å². The predicted octanol–water partition coefficient (Wildman–Crippen LogP) is 4.89. The van der Waals surface area contributed by atoms with Gasteiger partial charge in [0.15, 0.2) is 5.75 Å². The zero-order chi connectivity index (χ0) is 21.3. The van der Waals surface area contributed by atoms with Crippen molar-refractivity contribution in [1.29, 1.82) is 0 Å². The first-order valence-corrected chi connectivity index (χ1v) is 9.50. The molecule has 4 aromatic rings. The minimum atomic E-state index is -0.965. The van der Waals surface area contributed by atoms with Crippen molar-refractivity contribution in [2.24, 2.45) is 0 Å². The first kappa shape index (κ1) is 19.7. The van der Waals surface area contributed by atoms with E-state index in [9.17, 15) is 4.79 Å². The number of aromatic nitrogens is 2. The zero-order valence-corrected chi connectivity index (χ0v) is 17.0. The van der Waals surface area contributed by atoms with E-state index in [1.807, 2.05) is 24.3 Å². The highest BCUT2D eigenvalue weighted by atomic mass is 35.5. The molecular weight excluding hydrogens is 406 g/mol. The van der Waals surface area contributed by atoms with Crippen LogP contribution in [0.4, 0.5) is 5.95 Å². The molecule has 2 aromatic heterocycles. The van der Waals surface area contributed by atoms with Crippen molar-refractivity contribution in [2.45, 2.75) is 6.42 Å². The molecule has 7 nitrogen and oxygen atoms in total. The van der Waals surface area contributed by atoms with E-state index in [1.54, 1.807) is 38.6 Å². The fourth-order valence-electron chi connectivity index (χ4n) is 3.34. The lowest BCUT2D eigenvalue weighted by Gasteiger charge is -2.15. The third-order valence-electron chi connectivity index (χ3n) is 4.64. The summed E-state index contributed by atoms with van der Waals surface area (Å²) in [6.45, 7) is 0. The summed E-state index contributed by atoms with van der Waals surface area (Å²) in [6.07, 6.45) is 1.53. The van der Waals surface area contributed by atoms with Gasteiger partial charge in [0.2, 0.25) is 5.95 Å². The Morgan fingerprint density at radius 2 is 2.07 bits per heavy atom. The highest BCUT2D eigenvalue weighted by Gasteiger charge is 2.20. The smallest absolute Gasteiger partial charge is 0.311 e. The molecule has 0 unspecified atom stereocenters. The molecule has 4 rings (SSSR count). The standard InChI is InChI=1S/C22H18ClN3O4/c1-24-22-25-11-17-15(12-4-3-5-13(23)8-12)10-16(21(29-2)20(17)26-22)18-7-6-14(30-18)9-19(27)28/h3-8,10-11H,9H2,1-2H3,(H,27,28)(H,24,25,26). The molecule has 0 aliphatic carbocycles. The van der Waals surface area contributed by atoms with Crippen molar-refractivity contribution in [3.05, 3.63) is 59.4 Å². The van der Waals surface area contributed by atoms with Gasteiger partial charge < -0.3 is 19.6 Å². The second-order valence-electron chi connectivity index (χ2n) is 6.56. The minimum absolute atomic E-state index is 0.205. The number of anilines is 1. The molecule has 152 valence electrons.